The van der Waals surface area contributed by atoms with Crippen molar-refractivity contribution in [2.75, 3.05) is 7.11 Å². The second-order valence-electron chi connectivity index (χ2n) is 15.3. The Morgan fingerprint density at radius 1 is 1.06 bits per heavy atom. The van der Waals surface area contributed by atoms with Crippen LogP contribution >= 0.6 is 0 Å². The van der Waals surface area contributed by atoms with Crippen LogP contribution in [0.15, 0.2) is 16.3 Å². The molecule has 2 aliphatic heterocycles. The number of fused-ring (bicyclic) bond motifs is 2. The first kappa shape index (κ1) is 39.1. The molecule has 8 atom stereocenters. The van der Waals surface area contributed by atoms with Crippen LogP contribution in [-0.4, -0.2) is 68.7 Å². The van der Waals surface area contributed by atoms with Crippen molar-refractivity contribution in [3.63, 3.8) is 0 Å². The average molecular weight is 678 g/mol. The Balaban J connectivity index is 1.95. The number of hydrogen-bond donors (Lipinski definition) is 0. The molecule has 3 rings (SSSR count). The van der Waals surface area contributed by atoms with E-state index in [4.69, 9.17) is 27.8 Å². The molecule has 0 spiro atoms. The standard InChI is InChI=1S/C36H59NO9Si/c1-22(25(4)41-9)16-34-37-31(21-42-34)33-19-29(43-26(5)38)14-12-13-28-17-27(39)18-30(44-28)20-32(46-47(10,11)36(6,7)8)23(2)15-24(3)35(40)45-33/h16,21,23-25,28-30,32-33H,12-15,17-20H2,1-11H3/b22-16+/t23-,24-,25+,28+,29-,30-,32-,33-/m0/s1. The number of esters is 2. The van der Waals surface area contributed by atoms with E-state index in [1.54, 1.807) is 13.2 Å². The average Bonchev–Trinajstić information content (AvgIpc) is 3.42. The van der Waals surface area contributed by atoms with Gasteiger partial charge in [0.25, 0.3) is 0 Å². The van der Waals surface area contributed by atoms with Gasteiger partial charge < -0.3 is 27.8 Å². The van der Waals surface area contributed by atoms with Crippen LogP contribution in [-0.2, 0) is 37.8 Å². The van der Waals surface area contributed by atoms with Gasteiger partial charge >= 0.3 is 11.9 Å². The first-order chi connectivity index (χ1) is 21.9. The molecule has 47 heavy (non-hydrogen) atoms. The smallest absolute Gasteiger partial charge is 0.309 e. The van der Waals surface area contributed by atoms with Gasteiger partial charge in [0, 0.05) is 39.4 Å². The number of cyclic esters (lactones) is 1. The minimum Gasteiger partial charge on any atom is -0.462 e. The van der Waals surface area contributed by atoms with Crippen molar-refractivity contribution in [2.24, 2.45) is 11.8 Å². The zero-order valence-corrected chi connectivity index (χ0v) is 31.6. The van der Waals surface area contributed by atoms with Gasteiger partial charge in [-0.2, -0.15) is 0 Å². The quantitative estimate of drug-likeness (QED) is 0.209. The number of nitrogens with zero attached hydrogens (tertiary/aromatic N) is 1. The minimum atomic E-state index is -2.18. The first-order valence-electron chi connectivity index (χ1n) is 17.3. The summed E-state index contributed by atoms with van der Waals surface area (Å²) in [5.41, 5.74) is 1.38. The van der Waals surface area contributed by atoms with Crippen molar-refractivity contribution < 1.29 is 42.2 Å². The van der Waals surface area contributed by atoms with Crippen molar-refractivity contribution in [1.29, 1.82) is 0 Å². The minimum absolute atomic E-state index is 0.000411. The van der Waals surface area contributed by atoms with Gasteiger partial charge in [-0.05, 0) is 75.6 Å². The summed E-state index contributed by atoms with van der Waals surface area (Å²) in [6.45, 7) is 20.3. The molecule has 0 unspecified atom stereocenters. The Bertz CT molecular complexity index is 1240. The molecule has 0 radical (unpaired) electrons. The lowest BCUT2D eigenvalue weighted by atomic mass is 9.87. The van der Waals surface area contributed by atoms with E-state index in [9.17, 15) is 14.4 Å². The lowest BCUT2D eigenvalue weighted by molar-refractivity contribution is -0.159. The maximum Gasteiger partial charge on any atom is 0.309 e. The monoisotopic (exact) mass is 677 g/mol. The number of oxazole rings is 1. The normalized spacial score (nSPS) is 30.0. The van der Waals surface area contributed by atoms with E-state index in [2.05, 4.69) is 45.8 Å². The van der Waals surface area contributed by atoms with Gasteiger partial charge in [0.05, 0.1) is 30.3 Å². The molecule has 2 bridgehead atoms. The van der Waals surface area contributed by atoms with Gasteiger partial charge in [-0.1, -0.05) is 34.6 Å². The predicted molar refractivity (Wildman–Crippen MR) is 182 cm³/mol. The molecule has 3 heterocycles. The van der Waals surface area contributed by atoms with Gasteiger partial charge in [-0.15, -0.1) is 0 Å². The molecule has 1 aromatic rings. The van der Waals surface area contributed by atoms with Crippen LogP contribution in [0.5, 0.6) is 0 Å². The molecular formula is C36H59NO9Si. The summed E-state index contributed by atoms with van der Waals surface area (Å²) < 4.78 is 36.6. The molecule has 0 aromatic carbocycles. The zero-order chi connectivity index (χ0) is 35.1. The number of rotatable bonds is 7. The second kappa shape index (κ2) is 16.9. The molecule has 2 saturated heterocycles. The predicted octanol–water partition coefficient (Wildman–Crippen LogP) is 7.76. The molecular weight excluding hydrogens is 618 g/mol. The van der Waals surface area contributed by atoms with Gasteiger partial charge in [-0.25, -0.2) is 4.98 Å². The van der Waals surface area contributed by atoms with Gasteiger partial charge in [0.1, 0.15) is 23.8 Å². The summed E-state index contributed by atoms with van der Waals surface area (Å²) in [5.74, 6) is -0.659. The van der Waals surface area contributed by atoms with Crippen LogP contribution in [0.25, 0.3) is 6.08 Å². The molecule has 266 valence electrons. The van der Waals surface area contributed by atoms with Crippen molar-refractivity contribution >= 4 is 32.1 Å². The number of aromatic nitrogens is 1. The Labute approximate surface area is 282 Å². The highest BCUT2D eigenvalue weighted by atomic mass is 28.4. The van der Waals surface area contributed by atoms with E-state index >= 15 is 0 Å². The maximum atomic E-state index is 13.7. The summed E-state index contributed by atoms with van der Waals surface area (Å²) in [6.07, 6.45) is 5.16. The van der Waals surface area contributed by atoms with E-state index in [-0.39, 0.29) is 53.5 Å². The molecule has 0 saturated carbocycles. The highest BCUT2D eigenvalue weighted by molar-refractivity contribution is 6.74. The highest BCUT2D eigenvalue weighted by Crippen LogP contribution is 2.40. The Hall–Kier alpha value is -2.34. The SMILES string of the molecule is CO[C@H](C)/C(C)=C/c1nc([C@@H]2C[C@@H](OC(C)=O)CCC[C@@H]3CC(=O)C[C@@H](C[C@H](O[Si](C)(C)C(C)(C)C)[C@@H](C)C[C@H](C)C(=O)O2)O3)co1. The molecule has 10 nitrogen and oxygen atoms in total. The number of ketones is 1. The zero-order valence-electron chi connectivity index (χ0n) is 30.6. The summed E-state index contributed by atoms with van der Waals surface area (Å²) in [6, 6.07) is 0. The third-order valence-corrected chi connectivity index (χ3v) is 14.6. The largest absolute Gasteiger partial charge is 0.462 e. The van der Waals surface area contributed by atoms with Crippen LogP contribution in [0.4, 0.5) is 0 Å². The van der Waals surface area contributed by atoms with Crippen molar-refractivity contribution in [3.8, 4) is 0 Å². The van der Waals surface area contributed by atoms with Gasteiger partial charge in [0.2, 0.25) is 5.89 Å². The Morgan fingerprint density at radius 3 is 2.38 bits per heavy atom. The van der Waals surface area contributed by atoms with E-state index in [1.807, 2.05) is 20.8 Å². The Morgan fingerprint density at radius 2 is 1.74 bits per heavy atom. The first-order valence-corrected chi connectivity index (χ1v) is 20.2. The fourth-order valence-corrected chi connectivity index (χ4v) is 7.49. The third kappa shape index (κ3) is 11.6. The number of methoxy groups -OCH3 is 1. The van der Waals surface area contributed by atoms with Crippen molar-refractivity contribution in [3.05, 3.63) is 23.4 Å². The second-order valence-corrected chi connectivity index (χ2v) is 20.1. The van der Waals surface area contributed by atoms with Crippen LogP contribution in [0.2, 0.25) is 18.1 Å². The third-order valence-electron chi connectivity index (χ3n) is 10.1. The number of Topliss-reactive ketones (excluding diaryl/α,β-unsaturated/α-hetero) is 1. The molecule has 2 fully saturated rings. The number of carbonyl (C=O) groups excluding carboxylic acids is 3. The number of hydrogen-bond acceptors (Lipinski definition) is 10. The van der Waals surface area contributed by atoms with Crippen molar-refractivity contribution in [1.82, 2.24) is 4.98 Å². The van der Waals surface area contributed by atoms with Crippen LogP contribution in [0, 0.1) is 11.8 Å². The lowest BCUT2D eigenvalue weighted by Gasteiger charge is -2.43. The Kier molecular flexibility index (Phi) is 14.0. The summed E-state index contributed by atoms with van der Waals surface area (Å²) in [5, 5.41) is -0.00419. The molecule has 1 aromatic heterocycles. The van der Waals surface area contributed by atoms with Crippen molar-refractivity contribution in [2.45, 2.75) is 162 Å². The topological polar surface area (TPSA) is 123 Å². The van der Waals surface area contributed by atoms with E-state index in [1.165, 1.54) is 13.2 Å². The number of ether oxygens (including phenoxy) is 4. The lowest BCUT2D eigenvalue weighted by Crippen LogP contribution is -2.47. The van der Waals surface area contributed by atoms with E-state index in [0.717, 1.165) is 5.57 Å². The fourth-order valence-electron chi connectivity index (χ4n) is 6.06. The number of carbonyl (C=O) groups is 3. The molecule has 0 N–H and O–H groups in total. The molecule has 2 aliphatic rings. The van der Waals surface area contributed by atoms with Crippen LogP contribution in [0.3, 0.4) is 0 Å². The summed E-state index contributed by atoms with van der Waals surface area (Å²) >= 11 is 0. The van der Waals surface area contributed by atoms with E-state index in [0.29, 0.717) is 56.5 Å². The summed E-state index contributed by atoms with van der Waals surface area (Å²) in [4.78, 5) is 43.4. The summed E-state index contributed by atoms with van der Waals surface area (Å²) in [7, 11) is -0.544. The highest BCUT2D eigenvalue weighted by Gasteiger charge is 2.42. The van der Waals surface area contributed by atoms with Crippen LogP contribution in [0.1, 0.15) is 124 Å². The van der Waals surface area contributed by atoms with Gasteiger partial charge in [0.15, 0.2) is 14.4 Å². The maximum absolute atomic E-state index is 13.7. The molecule has 0 amide bonds. The van der Waals surface area contributed by atoms with Gasteiger partial charge in [-0.3, -0.25) is 14.4 Å². The molecule has 11 heteroatoms. The van der Waals surface area contributed by atoms with Crippen LogP contribution < -0.4 is 0 Å². The van der Waals surface area contributed by atoms with E-state index < -0.39 is 32.4 Å². The molecule has 0 aliphatic carbocycles. The fraction of sp³-hybridized carbons (Fsp3) is 0.778.